The summed E-state index contributed by atoms with van der Waals surface area (Å²) in [6.07, 6.45) is 12.2. The lowest BCUT2D eigenvalue weighted by atomic mass is 10.2. The highest BCUT2D eigenvalue weighted by Gasteiger charge is 2.51. The van der Waals surface area contributed by atoms with E-state index in [4.69, 9.17) is 13.6 Å². The van der Waals surface area contributed by atoms with Gasteiger partial charge < -0.3 is 0 Å². The summed E-state index contributed by atoms with van der Waals surface area (Å²) >= 11 is 0. The van der Waals surface area contributed by atoms with Crippen molar-refractivity contribution in [1.82, 2.24) is 0 Å². The Kier molecular flexibility index (Phi) is 17.8. The van der Waals surface area contributed by atoms with E-state index < -0.39 is 15.0 Å². The molecule has 0 amide bonds. The first-order chi connectivity index (χ1) is 12.1. The van der Waals surface area contributed by atoms with Gasteiger partial charge in [0.05, 0.1) is 13.2 Å². The Bertz CT molecular complexity index is 345. The van der Waals surface area contributed by atoms with Gasteiger partial charge in [0.1, 0.15) is 6.61 Å². The smallest absolute Gasteiger partial charge is 0.269 e. The maximum atomic E-state index is 12.8. The molecule has 0 aliphatic heterocycles. The van der Waals surface area contributed by atoms with Crippen LogP contribution in [0.15, 0.2) is 0 Å². The fourth-order valence-corrected chi connectivity index (χ4v) is 5.43. The molecule has 0 radical (unpaired) electrons. The second-order valence-corrected chi connectivity index (χ2v) is 11.0. The van der Waals surface area contributed by atoms with Gasteiger partial charge in [0.25, 0.3) is 0 Å². The monoisotopic (exact) mass is 397 g/mol. The van der Waals surface area contributed by atoms with E-state index in [2.05, 4.69) is 20.8 Å². The first-order valence-corrected chi connectivity index (χ1v) is 13.5. The van der Waals surface area contributed by atoms with Crippen molar-refractivity contribution in [2.45, 2.75) is 97.8 Å². The minimum absolute atomic E-state index is 0.312. The van der Waals surface area contributed by atoms with E-state index in [9.17, 15) is 9.13 Å². The molecule has 0 aliphatic rings. The van der Waals surface area contributed by atoms with Crippen LogP contribution in [0.1, 0.15) is 97.8 Å². The van der Waals surface area contributed by atoms with Crippen LogP contribution in [0.2, 0.25) is 0 Å². The number of hydrogen-bond donors (Lipinski definition) is 0. The minimum atomic E-state index is -3.68. The van der Waals surface area contributed by atoms with E-state index in [1.165, 1.54) is 0 Å². The summed E-state index contributed by atoms with van der Waals surface area (Å²) in [7, 11) is -6.11. The molecule has 0 aliphatic carbocycles. The van der Waals surface area contributed by atoms with E-state index in [0.29, 0.717) is 19.8 Å². The molecule has 25 heavy (non-hydrogen) atoms. The lowest BCUT2D eigenvalue weighted by molar-refractivity contribution is 0.204. The largest absolute Gasteiger partial charge is 0.622 e. The molecule has 0 aromatic carbocycles. The van der Waals surface area contributed by atoms with Gasteiger partial charge in [-0.1, -0.05) is 78.6 Å². The van der Waals surface area contributed by atoms with Crippen LogP contribution in [-0.4, -0.2) is 19.8 Å². The molecule has 0 fully saturated rings. The summed E-state index contributed by atoms with van der Waals surface area (Å²) < 4.78 is 41.4. The third-order valence-electron chi connectivity index (χ3n) is 3.90. The Morgan fingerprint density at radius 1 is 0.640 bits per heavy atom. The van der Waals surface area contributed by atoms with Crippen LogP contribution < -0.4 is 0 Å². The van der Waals surface area contributed by atoms with Crippen molar-refractivity contribution in [2.24, 2.45) is 0 Å². The molecule has 1 atom stereocenters. The zero-order valence-electron chi connectivity index (χ0n) is 16.5. The highest BCUT2D eigenvalue weighted by molar-refractivity contribution is 8.21. The Hall–Kier alpha value is 0.210. The predicted molar refractivity (Wildman–Crippen MR) is 105 cm³/mol. The molecule has 150 valence electrons. The first-order valence-electron chi connectivity index (χ1n) is 10.1. The fourth-order valence-electron chi connectivity index (χ4n) is 2.29. The molecule has 0 rings (SSSR count). The average molecular weight is 397 g/mol. The maximum Gasteiger partial charge on any atom is 0.622 e. The van der Waals surface area contributed by atoms with Gasteiger partial charge in [0.2, 0.25) is 0 Å². The number of hydrogen-bond acceptors (Lipinski definition) is 5. The molecule has 0 aromatic heterocycles. The van der Waals surface area contributed by atoms with Crippen molar-refractivity contribution >= 4 is 15.0 Å². The van der Waals surface area contributed by atoms with Crippen LogP contribution >= 0.6 is 15.0 Å². The minimum Gasteiger partial charge on any atom is -0.269 e. The molecule has 1 unspecified atom stereocenters. The second kappa shape index (κ2) is 17.6. The Balaban J connectivity index is 4.32. The lowest BCUT2D eigenvalue weighted by Crippen LogP contribution is -1.99. The summed E-state index contributed by atoms with van der Waals surface area (Å²) in [5.74, 6) is 0. The van der Waals surface area contributed by atoms with Gasteiger partial charge in [-0.2, -0.15) is 0 Å². The van der Waals surface area contributed by atoms with Crippen molar-refractivity contribution in [2.75, 3.05) is 19.8 Å². The molecule has 0 bridgehead atoms. The SMILES string of the molecule is CCCCCCO[P+](=O)P(=O)(OCCCCCC)OCCCCCC. The fraction of sp³-hybridized carbons (Fsp3) is 1.00. The lowest BCUT2D eigenvalue weighted by Gasteiger charge is -2.09. The molecule has 0 N–H and O–H groups in total. The van der Waals surface area contributed by atoms with Crippen molar-refractivity contribution in [3.05, 3.63) is 0 Å². The molecule has 0 aromatic rings. The third kappa shape index (κ3) is 14.0. The summed E-state index contributed by atoms with van der Waals surface area (Å²) in [4.78, 5) is 0. The molecule has 7 heteroatoms. The van der Waals surface area contributed by atoms with Crippen molar-refractivity contribution in [1.29, 1.82) is 0 Å². The van der Waals surface area contributed by atoms with Crippen LogP contribution in [-0.2, 0) is 22.7 Å². The molecule has 0 heterocycles. The van der Waals surface area contributed by atoms with E-state index in [0.717, 1.165) is 77.0 Å². The maximum absolute atomic E-state index is 12.8. The van der Waals surface area contributed by atoms with E-state index in [1.54, 1.807) is 0 Å². The van der Waals surface area contributed by atoms with Crippen LogP contribution in [0.25, 0.3) is 0 Å². The zero-order chi connectivity index (χ0) is 18.8. The predicted octanol–water partition coefficient (Wildman–Crippen LogP) is 7.63. The van der Waals surface area contributed by atoms with Crippen LogP contribution in [0, 0.1) is 0 Å². The topological polar surface area (TPSA) is 61.8 Å². The van der Waals surface area contributed by atoms with Gasteiger partial charge in [0.15, 0.2) is 0 Å². The molecular formula is C18H39O5P2+. The highest BCUT2D eigenvalue weighted by Crippen LogP contribution is 2.70. The molecular weight excluding hydrogens is 358 g/mol. The van der Waals surface area contributed by atoms with Crippen LogP contribution in [0.3, 0.4) is 0 Å². The Labute approximate surface area is 155 Å². The second-order valence-electron chi connectivity index (χ2n) is 6.39. The molecule has 0 saturated heterocycles. The number of unbranched alkanes of at least 4 members (excludes halogenated alkanes) is 9. The van der Waals surface area contributed by atoms with E-state index >= 15 is 0 Å². The summed E-state index contributed by atoms with van der Waals surface area (Å²) in [6, 6.07) is 0. The first kappa shape index (κ1) is 25.2. The van der Waals surface area contributed by atoms with Crippen LogP contribution in [0.4, 0.5) is 0 Å². The van der Waals surface area contributed by atoms with Gasteiger partial charge >= 0.3 is 15.0 Å². The average Bonchev–Trinajstić information content (AvgIpc) is 2.61. The quantitative estimate of drug-likeness (QED) is 0.166. The standard InChI is InChI=1S/C18H39O5P2/c1-4-7-10-13-16-21-24(19)25(20,22-17-14-11-8-5-2)23-18-15-12-9-6-3/h4-18H2,1-3H3/q+1. The molecule has 5 nitrogen and oxygen atoms in total. The normalized spacial score (nSPS) is 12.5. The Morgan fingerprint density at radius 3 is 1.44 bits per heavy atom. The van der Waals surface area contributed by atoms with E-state index in [1.807, 2.05) is 0 Å². The van der Waals surface area contributed by atoms with Gasteiger partial charge in [-0.05, 0) is 23.8 Å². The van der Waals surface area contributed by atoms with Crippen molar-refractivity contribution < 1.29 is 22.7 Å². The van der Waals surface area contributed by atoms with Gasteiger partial charge in [0, 0.05) is 0 Å². The molecule has 0 spiro atoms. The summed E-state index contributed by atoms with van der Waals surface area (Å²) in [5, 5.41) is 0. The van der Waals surface area contributed by atoms with Crippen molar-refractivity contribution in [3.8, 4) is 0 Å². The van der Waals surface area contributed by atoms with Crippen LogP contribution in [0.5, 0.6) is 0 Å². The van der Waals surface area contributed by atoms with E-state index in [-0.39, 0.29) is 0 Å². The Morgan fingerprint density at radius 2 is 1.04 bits per heavy atom. The third-order valence-corrected chi connectivity index (χ3v) is 7.96. The zero-order valence-corrected chi connectivity index (χ0v) is 18.3. The van der Waals surface area contributed by atoms with Crippen molar-refractivity contribution in [3.63, 3.8) is 0 Å². The van der Waals surface area contributed by atoms with Gasteiger partial charge in [-0.25, -0.2) is 4.57 Å². The highest BCUT2D eigenvalue weighted by atomic mass is 32.1. The van der Waals surface area contributed by atoms with Gasteiger partial charge in [-0.3, -0.25) is 9.05 Å². The summed E-state index contributed by atoms with van der Waals surface area (Å²) in [6.45, 7) is 7.37. The summed E-state index contributed by atoms with van der Waals surface area (Å²) in [5.41, 5.74) is 0. The number of rotatable bonds is 19. The molecule has 0 saturated carbocycles. The van der Waals surface area contributed by atoms with Gasteiger partial charge in [-0.15, -0.1) is 4.52 Å².